The van der Waals surface area contributed by atoms with Crippen molar-refractivity contribution in [1.29, 1.82) is 0 Å². The molecule has 0 unspecified atom stereocenters. The summed E-state index contributed by atoms with van der Waals surface area (Å²) in [6, 6.07) is 14.7. The van der Waals surface area contributed by atoms with E-state index in [1.807, 2.05) is 31.2 Å². The summed E-state index contributed by atoms with van der Waals surface area (Å²) in [5, 5.41) is 17.3. The highest BCUT2D eigenvalue weighted by Crippen LogP contribution is 2.34. The van der Waals surface area contributed by atoms with Gasteiger partial charge in [0.2, 0.25) is 0 Å². The lowest BCUT2D eigenvalue weighted by Gasteiger charge is -2.13. The third-order valence-electron chi connectivity index (χ3n) is 3.89. The van der Waals surface area contributed by atoms with Crippen molar-refractivity contribution in [3.05, 3.63) is 63.0 Å². The number of aryl methyl sites for hydroxylation is 1. The van der Waals surface area contributed by atoms with Crippen LogP contribution >= 0.6 is 44.1 Å². The van der Waals surface area contributed by atoms with E-state index in [9.17, 15) is 9.90 Å². The minimum absolute atomic E-state index is 0.0465. The van der Waals surface area contributed by atoms with Gasteiger partial charge < -0.3 is 15.2 Å². The number of anilines is 1. The summed E-state index contributed by atoms with van der Waals surface area (Å²) in [7, 11) is 0. The molecule has 3 aromatic carbocycles. The highest BCUT2D eigenvalue weighted by atomic mass is 79.9. The molecule has 0 saturated carbocycles. The molecular weight excluding hydrogens is 508 g/mol. The number of fused-ring (bicyclic) bond motifs is 1. The Morgan fingerprint density at radius 1 is 1.14 bits per heavy atom. The van der Waals surface area contributed by atoms with Gasteiger partial charge in [0.15, 0.2) is 11.7 Å². The predicted octanol–water partition coefficient (Wildman–Crippen LogP) is 5.27. The smallest absolute Gasteiger partial charge is 0.264 e. The lowest BCUT2D eigenvalue weighted by Crippen LogP contribution is -2.37. The van der Waals surface area contributed by atoms with E-state index in [1.54, 1.807) is 24.3 Å². The standard InChI is InChI=1S/C20H16Br2N2O3S/c1-11-2-6-16(25)15(8-11)23-20(28)24-18(26)10-27-17-7-3-12-9-13(21)4-5-14(12)19(17)22/h2-9,25H,10H2,1H3,(H2,23,24,26,28). The van der Waals surface area contributed by atoms with Gasteiger partial charge in [0.05, 0.1) is 10.2 Å². The minimum atomic E-state index is -0.410. The van der Waals surface area contributed by atoms with Crippen LogP contribution in [0.3, 0.4) is 0 Å². The quantitative estimate of drug-likeness (QED) is 0.321. The van der Waals surface area contributed by atoms with Crippen molar-refractivity contribution in [2.75, 3.05) is 11.9 Å². The van der Waals surface area contributed by atoms with E-state index in [0.717, 1.165) is 25.3 Å². The average molecular weight is 524 g/mol. The van der Waals surface area contributed by atoms with Gasteiger partial charge in [0.1, 0.15) is 11.5 Å². The Morgan fingerprint density at radius 2 is 1.93 bits per heavy atom. The predicted molar refractivity (Wildman–Crippen MR) is 122 cm³/mol. The van der Waals surface area contributed by atoms with E-state index in [4.69, 9.17) is 17.0 Å². The molecule has 5 nitrogen and oxygen atoms in total. The van der Waals surface area contributed by atoms with Gasteiger partial charge in [-0.3, -0.25) is 10.1 Å². The topological polar surface area (TPSA) is 70.6 Å². The summed E-state index contributed by atoms with van der Waals surface area (Å²) in [4.78, 5) is 12.1. The Bertz CT molecular complexity index is 1070. The van der Waals surface area contributed by atoms with E-state index in [0.29, 0.717) is 11.4 Å². The second-order valence-electron chi connectivity index (χ2n) is 6.05. The first-order chi connectivity index (χ1) is 13.3. The largest absolute Gasteiger partial charge is 0.506 e. The second-order valence-corrected chi connectivity index (χ2v) is 8.17. The number of phenols is 1. The molecule has 3 N–H and O–H groups in total. The van der Waals surface area contributed by atoms with Crippen LogP contribution in [0, 0.1) is 6.92 Å². The Balaban J connectivity index is 1.60. The SMILES string of the molecule is Cc1ccc(O)c(NC(=S)NC(=O)COc2ccc3cc(Br)ccc3c2Br)c1. The lowest BCUT2D eigenvalue weighted by molar-refractivity contribution is -0.121. The summed E-state index contributed by atoms with van der Waals surface area (Å²) in [6.45, 7) is 1.68. The van der Waals surface area contributed by atoms with Crippen LogP contribution in [0.1, 0.15) is 5.56 Å². The molecule has 0 aliphatic heterocycles. The van der Waals surface area contributed by atoms with Crippen LogP contribution in [0.5, 0.6) is 11.5 Å². The number of hydrogen-bond donors (Lipinski definition) is 3. The van der Waals surface area contributed by atoms with Crippen molar-refractivity contribution >= 4 is 71.6 Å². The number of hydrogen-bond acceptors (Lipinski definition) is 4. The van der Waals surface area contributed by atoms with E-state index in [1.165, 1.54) is 0 Å². The second kappa shape index (κ2) is 8.89. The van der Waals surface area contributed by atoms with Gasteiger partial charge in [-0.05, 0) is 81.7 Å². The first-order valence-corrected chi connectivity index (χ1v) is 10.2. The maximum atomic E-state index is 12.1. The van der Waals surface area contributed by atoms with Crippen molar-refractivity contribution < 1.29 is 14.6 Å². The third-order valence-corrected chi connectivity index (χ3v) is 5.41. The highest BCUT2D eigenvalue weighted by molar-refractivity contribution is 9.11. The molecular formula is C20H16Br2N2O3S. The Morgan fingerprint density at radius 3 is 2.71 bits per heavy atom. The number of ether oxygens (including phenoxy) is 1. The zero-order valence-corrected chi connectivity index (χ0v) is 18.7. The minimum Gasteiger partial charge on any atom is -0.506 e. The Labute approximate surface area is 184 Å². The number of benzene rings is 3. The van der Waals surface area contributed by atoms with Crippen LogP contribution in [-0.2, 0) is 4.79 Å². The van der Waals surface area contributed by atoms with Crippen LogP contribution in [0.25, 0.3) is 10.8 Å². The van der Waals surface area contributed by atoms with Gasteiger partial charge in [-0.2, -0.15) is 0 Å². The number of nitrogens with one attached hydrogen (secondary N) is 2. The molecule has 0 radical (unpaired) electrons. The van der Waals surface area contributed by atoms with E-state index >= 15 is 0 Å². The summed E-state index contributed by atoms with van der Waals surface area (Å²) < 4.78 is 7.38. The molecule has 0 spiro atoms. The van der Waals surface area contributed by atoms with Crippen molar-refractivity contribution in [2.24, 2.45) is 0 Å². The summed E-state index contributed by atoms with van der Waals surface area (Å²) >= 11 is 12.1. The van der Waals surface area contributed by atoms with E-state index in [2.05, 4.69) is 42.5 Å². The van der Waals surface area contributed by atoms with E-state index in [-0.39, 0.29) is 17.5 Å². The van der Waals surface area contributed by atoms with Gasteiger partial charge in [-0.25, -0.2) is 0 Å². The van der Waals surface area contributed by atoms with Crippen LogP contribution in [-0.4, -0.2) is 22.7 Å². The number of amides is 1. The molecule has 144 valence electrons. The maximum absolute atomic E-state index is 12.1. The monoisotopic (exact) mass is 522 g/mol. The number of rotatable bonds is 4. The molecule has 0 bridgehead atoms. The number of thiocarbonyl (C=S) groups is 1. The van der Waals surface area contributed by atoms with Crippen LogP contribution in [0.2, 0.25) is 0 Å². The van der Waals surface area contributed by atoms with E-state index < -0.39 is 5.91 Å². The molecule has 0 heterocycles. The van der Waals surface area contributed by atoms with Crippen molar-refractivity contribution in [3.63, 3.8) is 0 Å². The molecule has 0 fully saturated rings. The fraction of sp³-hybridized carbons (Fsp3) is 0.100. The number of phenolic OH excluding ortho intramolecular Hbond substituents is 1. The average Bonchev–Trinajstić information content (AvgIpc) is 2.64. The normalized spacial score (nSPS) is 10.5. The molecule has 0 atom stereocenters. The van der Waals surface area contributed by atoms with Gasteiger partial charge in [0, 0.05) is 4.47 Å². The molecule has 0 aliphatic carbocycles. The Hall–Kier alpha value is -2.16. The first-order valence-electron chi connectivity index (χ1n) is 8.24. The Kier molecular flexibility index (Phi) is 6.53. The van der Waals surface area contributed by atoms with Crippen molar-refractivity contribution in [3.8, 4) is 11.5 Å². The summed E-state index contributed by atoms with van der Waals surface area (Å²) in [6.07, 6.45) is 0. The van der Waals surface area contributed by atoms with Crippen molar-refractivity contribution in [2.45, 2.75) is 6.92 Å². The lowest BCUT2D eigenvalue weighted by atomic mass is 10.1. The molecule has 0 saturated heterocycles. The molecule has 0 aromatic heterocycles. The fourth-order valence-electron chi connectivity index (χ4n) is 2.56. The van der Waals surface area contributed by atoms with Gasteiger partial charge >= 0.3 is 0 Å². The van der Waals surface area contributed by atoms with Crippen LogP contribution in [0.15, 0.2) is 57.5 Å². The fourth-order valence-corrected chi connectivity index (χ4v) is 3.77. The van der Waals surface area contributed by atoms with Gasteiger partial charge in [-0.15, -0.1) is 0 Å². The zero-order chi connectivity index (χ0) is 20.3. The zero-order valence-electron chi connectivity index (χ0n) is 14.8. The number of halogens is 2. The third kappa shape index (κ3) is 5.01. The first kappa shape index (κ1) is 20.6. The van der Waals surface area contributed by atoms with Gasteiger partial charge in [-0.1, -0.05) is 34.1 Å². The molecule has 0 aliphatic rings. The summed E-state index contributed by atoms with van der Waals surface area (Å²) in [5.74, 6) is 0.192. The highest BCUT2D eigenvalue weighted by Gasteiger charge is 2.11. The molecule has 3 aromatic rings. The number of carbonyl (C=O) groups is 1. The number of carbonyl (C=O) groups excluding carboxylic acids is 1. The van der Waals surface area contributed by atoms with Crippen LogP contribution < -0.4 is 15.4 Å². The van der Waals surface area contributed by atoms with Gasteiger partial charge in [0.25, 0.3) is 5.91 Å². The maximum Gasteiger partial charge on any atom is 0.264 e. The van der Waals surface area contributed by atoms with Crippen LogP contribution in [0.4, 0.5) is 5.69 Å². The molecule has 28 heavy (non-hydrogen) atoms. The molecule has 3 rings (SSSR count). The molecule has 8 heteroatoms. The summed E-state index contributed by atoms with van der Waals surface area (Å²) in [5.41, 5.74) is 1.38. The molecule has 1 amide bonds. The number of aromatic hydroxyl groups is 1. The van der Waals surface area contributed by atoms with Crippen molar-refractivity contribution in [1.82, 2.24) is 5.32 Å².